The number of carbonyl (C=O) groups is 2. The van der Waals surface area contributed by atoms with Crippen LogP contribution >= 0.6 is 0 Å². The molecule has 2 aliphatic heterocycles. The van der Waals surface area contributed by atoms with Crippen molar-refractivity contribution < 1.29 is 23.8 Å². The average molecular weight is 405 g/mol. The zero-order chi connectivity index (χ0) is 20.8. The van der Waals surface area contributed by atoms with E-state index in [0.29, 0.717) is 26.2 Å². The number of rotatable bonds is 7. The number of esters is 1. The third kappa shape index (κ3) is 5.01. The van der Waals surface area contributed by atoms with E-state index in [0.717, 1.165) is 49.3 Å². The van der Waals surface area contributed by atoms with E-state index in [1.54, 1.807) is 14.2 Å². The Bertz CT molecular complexity index is 723. The summed E-state index contributed by atoms with van der Waals surface area (Å²) < 4.78 is 16.0. The number of piperidine rings is 1. The van der Waals surface area contributed by atoms with Crippen LogP contribution in [0.25, 0.3) is 0 Å². The molecular weight excluding hydrogens is 372 g/mol. The van der Waals surface area contributed by atoms with Crippen LogP contribution < -0.4 is 9.47 Å². The Morgan fingerprint density at radius 1 is 1.10 bits per heavy atom. The van der Waals surface area contributed by atoms with E-state index in [1.807, 2.05) is 30.0 Å². The molecule has 0 unspecified atom stereocenters. The normalized spacial score (nSPS) is 22.4. The second-order valence-electron chi connectivity index (χ2n) is 7.67. The van der Waals surface area contributed by atoms with Crippen LogP contribution in [0.3, 0.4) is 0 Å². The van der Waals surface area contributed by atoms with E-state index < -0.39 is 0 Å². The molecule has 0 aliphatic carbocycles. The highest BCUT2D eigenvalue weighted by atomic mass is 16.5. The lowest BCUT2D eigenvalue weighted by Gasteiger charge is -2.34. The van der Waals surface area contributed by atoms with E-state index in [2.05, 4.69) is 4.90 Å². The van der Waals surface area contributed by atoms with Crippen molar-refractivity contribution >= 4 is 11.9 Å². The summed E-state index contributed by atoms with van der Waals surface area (Å²) in [5.74, 6) is 1.23. The van der Waals surface area contributed by atoms with Gasteiger partial charge in [-0.2, -0.15) is 0 Å². The number of hydrogen-bond acceptors (Lipinski definition) is 6. The summed E-state index contributed by atoms with van der Waals surface area (Å²) in [5.41, 5.74) is 1.08. The molecule has 0 saturated carbocycles. The molecule has 0 radical (unpaired) electrons. The Hall–Kier alpha value is -2.28. The van der Waals surface area contributed by atoms with Gasteiger partial charge in [-0.1, -0.05) is 6.07 Å². The maximum atomic E-state index is 13.0. The predicted molar refractivity (Wildman–Crippen MR) is 109 cm³/mol. The summed E-state index contributed by atoms with van der Waals surface area (Å²) in [4.78, 5) is 29.1. The van der Waals surface area contributed by atoms with Crippen molar-refractivity contribution in [2.45, 2.75) is 38.6 Å². The van der Waals surface area contributed by atoms with Crippen molar-refractivity contribution in [3.8, 4) is 11.5 Å². The first-order valence-corrected chi connectivity index (χ1v) is 10.5. The van der Waals surface area contributed by atoms with Gasteiger partial charge < -0.3 is 19.1 Å². The molecular formula is C22H32N2O5. The van der Waals surface area contributed by atoms with Gasteiger partial charge in [0.1, 0.15) is 11.5 Å². The fourth-order valence-electron chi connectivity index (χ4n) is 4.39. The smallest absolute Gasteiger partial charge is 0.310 e. The van der Waals surface area contributed by atoms with Gasteiger partial charge in [0.2, 0.25) is 5.91 Å². The number of likely N-dealkylation sites (tertiary alicyclic amines) is 2. The van der Waals surface area contributed by atoms with Gasteiger partial charge in [0, 0.05) is 30.8 Å². The first-order chi connectivity index (χ1) is 14.1. The molecule has 2 atom stereocenters. The van der Waals surface area contributed by atoms with Gasteiger partial charge in [0.15, 0.2) is 0 Å². The number of hydrogen-bond donors (Lipinski definition) is 0. The van der Waals surface area contributed by atoms with Crippen LogP contribution in [0.15, 0.2) is 18.2 Å². The molecule has 1 aromatic rings. The van der Waals surface area contributed by atoms with E-state index in [9.17, 15) is 9.59 Å². The lowest BCUT2D eigenvalue weighted by molar-refractivity contribution is -0.151. The number of nitrogens with zero attached hydrogens (tertiary/aromatic N) is 2. The molecule has 1 amide bonds. The SMILES string of the molecule is CCOC(=O)[C@@H]1CCCN(C(=O)CN2CCC[C@@H]2c2ccc(OC)cc2OC)C1. The molecule has 3 rings (SSSR count). The zero-order valence-electron chi connectivity index (χ0n) is 17.7. The lowest BCUT2D eigenvalue weighted by Crippen LogP contribution is -2.46. The minimum absolute atomic E-state index is 0.0818. The van der Waals surface area contributed by atoms with Crippen LogP contribution in [0.1, 0.15) is 44.2 Å². The fraction of sp³-hybridized carbons (Fsp3) is 0.636. The van der Waals surface area contributed by atoms with Crippen LogP contribution in [-0.4, -0.2) is 68.7 Å². The van der Waals surface area contributed by atoms with Gasteiger partial charge in [0.25, 0.3) is 0 Å². The Morgan fingerprint density at radius 2 is 1.90 bits per heavy atom. The van der Waals surface area contributed by atoms with Crippen molar-refractivity contribution in [2.75, 3.05) is 47.0 Å². The van der Waals surface area contributed by atoms with Crippen molar-refractivity contribution in [3.63, 3.8) is 0 Å². The molecule has 0 aromatic heterocycles. The van der Waals surface area contributed by atoms with E-state index in [1.165, 1.54) is 0 Å². The quantitative estimate of drug-likeness (QED) is 0.651. The van der Waals surface area contributed by atoms with E-state index in [-0.39, 0.29) is 23.8 Å². The summed E-state index contributed by atoms with van der Waals surface area (Å²) in [6.45, 7) is 4.59. The number of benzene rings is 1. The minimum Gasteiger partial charge on any atom is -0.497 e. The Kier molecular flexibility index (Phi) is 7.36. The Morgan fingerprint density at radius 3 is 2.62 bits per heavy atom. The first-order valence-electron chi connectivity index (χ1n) is 10.5. The van der Waals surface area contributed by atoms with Crippen molar-refractivity contribution in [1.29, 1.82) is 0 Å². The average Bonchev–Trinajstić information content (AvgIpc) is 3.21. The molecule has 2 heterocycles. The van der Waals surface area contributed by atoms with Gasteiger partial charge in [-0.25, -0.2) is 0 Å². The second kappa shape index (κ2) is 9.96. The first kappa shape index (κ1) is 21.4. The monoisotopic (exact) mass is 404 g/mol. The summed E-state index contributed by atoms with van der Waals surface area (Å²) in [5, 5.41) is 0. The number of carbonyl (C=O) groups excluding carboxylic acids is 2. The number of ether oxygens (including phenoxy) is 3. The van der Waals surface area contributed by atoms with Crippen molar-refractivity contribution in [1.82, 2.24) is 9.80 Å². The summed E-state index contributed by atoms with van der Waals surface area (Å²) in [6.07, 6.45) is 3.66. The van der Waals surface area contributed by atoms with Crippen LogP contribution in [-0.2, 0) is 14.3 Å². The predicted octanol–water partition coefficient (Wildman–Crippen LogP) is 2.64. The van der Waals surface area contributed by atoms with Crippen molar-refractivity contribution in [3.05, 3.63) is 23.8 Å². The standard InChI is InChI=1S/C22H32N2O5/c1-4-29-22(26)16-7-5-12-24(14-16)21(25)15-23-11-6-8-19(23)18-10-9-17(27-2)13-20(18)28-3/h9-10,13,16,19H,4-8,11-12,14-15H2,1-3H3/t16-,19-/m1/s1. The van der Waals surface area contributed by atoms with E-state index >= 15 is 0 Å². The highest BCUT2D eigenvalue weighted by Crippen LogP contribution is 2.38. The molecule has 7 heteroatoms. The van der Waals surface area contributed by atoms with Gasteiger partial charge in [-0.3, -0.25) is 14.5 Å². The molecule has 2 fully saturated rings. The topological polar surface area (TPSA) is 68.3 Å². The molecule has 7 nitrogen and oxygen atoms in total. The second-order valence-corrected chi connectivity index (χ2v) is 7.67. The molecule has 1 aromatic carbocycles. The maximum absolute atomic E-state index is 13.0. The third-order valence-corrected chi connectivity index (χ3v) is 5.90. The van der Waals surface area contributed by atoms with Crippen LogP contribution in [0.4, 0.5) is 0 Å². The summed E-state index contributed by atoms with van der Waals surface area (Å²) in [6, 6.07) is 6.00. The highest BCUT2D eigenvalue weighted by Gasteiger charge is 2.33. The van der Waals surface area contributed by atoms with Crippen LogP contribution in [0, 0.1) is 5.92 Å². The summed E-state index contributed by atoms with van der Waals surface area (Å²) >= 11 is 0. The van der Waals surface area contributed by atoms with Gasteiger partial charge in [0.05, 0.1) is 33.3 Å². The van der Waals surface area contributed by atoms with Gasteiger partial charge in [-0.15, -0.1) is 0 Å². The number of methoxy groups -OCH3 is 2. The Labute approximate surface area is 172 Å². The Balaban J connectivity index is 1.66. The number of amides is 1. The van der Waals surface area contributed by atoms with Crippen molar-refractivity contribution in [2.24, 2.45) is 5.92 Å². The zero-order valence-corrected chi connectivity index (χ0v) is 17.7. The van der Waals surface area contributed by atoms with Gasteiger partial charge in [-0.05, 0) is 45.2 Å². The third-order valence-electron chi connectivity index (χ3n) is 5.90. The van der Waals surface area contributed by atoms with E-state index in [4.69, 9.17) is 14.2 Å². The molecule has 2 aliphatic rings. The molecule has 0 bridgehead atoms. The largest absolute Gasteiger partial charge is 0.497 e. The molecule has 0 spiro atoms. The molecule has 160 valence electrons. The lowest BCUT2D eigenvalue weighted by atomic mass is 9.98. The van der Waals surface area contributed by atoms with Crippen LogP contribution in [0.2, 0.25) is 0 Å². The molecule has 29 heavy (non-hydrogen) atoms. The fourth-order valence-corrected chi connectivity index (χ4v) is 4.39. The maximum Gasteiger partial charge on any atom is 0.310 e. The minimum atomic E-state index is -0.205. The van der Waals surface area contributed by atoms with Gasteiger partial charge >= 0.3 is 5.97 Å². The summed E-state index contributed by atoms with van der Waals surface area (Å²) in [7, 11) is 3.29. The molecule has 2 saturated heterocycles. The van der Waals surface area contributed by atoms with Crippen LogP contribution in [0.5, 0.6) is 11.5 Å². The highest BCUT2D eigenvalue weighted by molar-refractivity contribution is 5.80. The molecule has 0 N–H and O–H groups in total.